The topological polar surface area (TPSA) is 110 Å². The molecule has 0 aliphatic rings. The normalized spacial score (nSPS) is 14.9. The summed E-state index contributed by atoms with van der Waals surface area (Å²) in [4.78, 5) is 43.7. The SMILES string of the molecule is COC(=O)C[C@@H](CP(=O)(O)CN(C)C=O)C(=O)OC. The van der Waals surface area contributed by atoms with Crippen molar-refractivity contribution in [2.75, 3.05) is 33.7 Å². The van der Waals surface area contributed by atoms with Gasteiger partial charge in [0.25, 0.3) is 0 Å². The van der Waals surface area contributed by atoms with E-state index >= 15 is 0 Å². The van der Waals surface area contributed by atoms with E-state index in [0.29, 0.717) is 6.41 Å². The fourth-order valence-electron chi connectivity index (χ4n) is 1.46. The molecule has 1 amide bonds. The molecule has 0 spiro atoms. The minimum atomic E-state index is -3.77. The average Bonchev–Trinajstić information content (AvgIpc) is 2.35. The molecule has 0 saturated carbocycles. The van der Waals surface area contributed by atoms with Crippen molar-refractivity contribution in [1.82, 2.24) is 4.90 Å². The van der Waals surface area contributed by atoms with Crippen LogP contribution in [0.15, 0.2) is 0 Å². The summed E-state index contributed by atoms with van der Waals surface area (Å²) in [5.41, 5.74) is 0. The average molecular weight is 295 g/mol. The van der Waals surface area contributed by atoms with E-state index in [1.54, 1.807) is 0 Å². The molecule has 8 nitrogen and oxygen atoms in total. The molecule has 110 valence electrons. The Balaban J connectivity index is 4.79. The molecule has 0 heterocycles. The standard InChI is InChI=1S/C10H18NO7P/c1-11(6-12)7-19(15,16)5-8(10(14)18-3)4-9(13)17-2/h6,8H,4-5,7H2,1-3H3,(H,15,16)/t8-/m0/s1. The Kier molecular flexibility index (Phi) is 7.33. The summed E-state index contributed by atoms with van der Waals surface area (Å²) in [6.07, 6.45) is -0.799. The van der Waals surface area contributed by atoms with Gasteiger partial charge >= 0.3 is 11.9 Å². The molecule has 0 bridgehead atoms. The molecule has 1 N–H and O–H groups in total. The molecule has 19 heavy (non-hydrogen) atoms. The van der Waals surface area contributed by atoms with Crippen LogP contribution in [0.2, 0.25) is 0 Å². The van der Waals surface area contributed by atoms with Gasteiger partial charge in [0.05, 0.1) is 32.8 Å². The predicted octanol–water partition coefficient (Wildman–Crippen LogP) is -0.345. The molecule has 0 aromatic rings. The number of hydrogen-bond donors (Lipinski definition) is 1. The van der Waals surface area contributed by atoms with Gasteiger partial charge in [-0.25, -0.2) is 0 Å². The Labute approximate surface area is 111 Å². The summed E-state index contributed by atoms with van der Waals surface area (Å²) in [7, 11) is -0.167. The second-order valence-electron chi connectivity index (χ2n) is 4.03. The summed E-state index contributed by atoms with van der Waals surface area (Å²) in [6.45, 7) is 0. The van der Waals surface area contributed by atoms with Crippen molar-refractivity contribution in [3.63, 3.8) is 0 Å². The van der Waals surface area contributed by atoms with Crippen LogP contribution in [0.25, 0.3) is 0 Å². The van der Waals surface area contributed by atoms with Crippen LogP contribution in [0.3, 0.4) is 0 Å². The minimum absolute atomic E-state index is 0.349. The minimum Gasteiger partial charge on any atom is -0.469 e. The van der Waals surface area contributed by atoms with Gasteiger partial charge in [-0.05, 0) is 0 Å². The number of hydrogen-bond acceptors (Lipinski definition) is 6. The number of carbonyl (C=O) groups excluding carboxylic acids is 3. The third kappa shape index (κ3) is 6.93. The summed E-state index contributed by atoms with van der Waals surface area (Å²) in [5.74, 6) is -2.53. The van der Waals surface area contributed by atoms with Crippen molar-refractivity contribution in [2.45, 2.75) is 6.42 Å². The Bertz CT molecular complexity index is 384. The smallest absolute Gasteiger partial charge is 0.309 e. The Morgan fingerprint density at radius 3 is 2.37 bits per heavy atom. The Morgan fingerprint density at radius 2 is 1.95 bits per heavy atom. The maximum absolute atomic E-state index is 11.9. The lowest BCUT2D eigenvalue weighted by atomic mass is 10.1. The highest BCUT2D eigenvalue weighted by Crippen LogP contribution is 2.43. The van der Waals surface area contributed by atoms with Crippen molar-refractivity contribution in [3.8, 4) is 0 Å². The van der Waals surface area contributed by atoms with Gasteiger partial charge in [0.1, 0.15) is 0 Å². The Hall–Kier alpha value is -1.40. The highest BCUT2D eigenvalue weighted by Gasteiger charge is 2.32. The lowest BCUT2D eigenvalue weighted by molar-refractivity contribution is -0.151. The van der Waals surface area contributed by atoms with Crippen LogP contribution in [0.1, 0.15) is 6.42 Å². The molecular weight excluding hydrogens is 277 g/mol. The van der Waals surface area contributed by atoms with Crippen LogP contribution in [-0.2, 0) is 28.4 Å². The first-order valence-corrected chi connectivity index (χ1v) is 7.39. The summed E-state index contributed by atoms with van der Waals surface area (Å²) in [5, 5.41) is 0. The van der Waals surface area contributed by atoms with Crippen LogP contribution in [0.4, 0.5) is 0 Å². The van der Waals surface area contributed by atoms with Gasteiger partial charge in [-0.1, -0.05) is 0 Å². The van der Waals surface area contributed by atoms with Crippen LogP contribution < -0.4 is 0 Å². The lowest BCUT2D eigenvalue weighted by Gasteiger charge is -2.20. The van der Waals surface area contributed by atoms with Crippen molar-refractivity contribution < 1.29 is 33.3 Å². The van der Waals surface area contributed by atoms with Gasteiger partial charge in [0.2, 0.25) is 13.8 Å². The van der Waals surface area contributed by atoms with Gasteiger partial charge in [-0.3, -0.25) is 18.9 Å². The van der Waals surface area contributed by atoms with Crippen LogP contribution in [0.5, 0.6) is 0 Å². The first-order valence-electron chi connectivity index (χ1n) is 5.36. The van der Waals surface area contributed by atoms with E-state index in [1.807, 2.05) is 0 Å². The number of methoxy groups -OCH3 is 2. The highest BCUT2D eigenvalue weighted by molar-refractivity contribution is 7.58. The molecule has 0 rings (SSSR count). The molecule has 2 atom stereocenters. The van der Waals surface area contributed by atoms with E-state index < -0.39 is 37.7 Å². The van der Waals surface area contributed by atoms with Crippen molar-refractivity contribution in [1.29, 1.82) is 0 Å². The van der Waals surface area contributed by atoms with Gasteiger partial charge < -0.3 is 19.3 Å². The number of amides is 1. The van der Waals surface area contributed by atoms with E-state index in [2.05, 4.69) is 9.47 Å². The number of ether oxygens (including phenoxy) is 2. The second kappa shape index (κ2) is 7.91. The van der Waals surface area contributed by atoms with Crippen LogP contribution >= 0.6 is 7.37 Å². The summed E-state index contributed by atoms with van der Waals surface area (Å²) in [6, 6.07) is 0. The van der Waals surface area contributed by atoms with E-state index in [0.717, 1.165) is 19.1 Å². The van der Waals surface area contributed by atoms with E-state index in [4.69, 9.17) is 0 Å². The zero-order valence-corrected chi connectivity index (χ0v) is 12.0. The molecule has 0 radical (unpaired) electrons. The van der Waals surface area contributed by atoms with Crippen LogP contribution in [-0.4, -0.2) is 61.9 Å². The molecule has 0 aromatic heterocycles. The fraction of sp³-hybridized carbons (Fsp3) is 0.700. The quantitative estimate of drug-likeness (QED) is 0.370. The summed E-state index contributed by atoms with van der Waals surface area (Å²) < 4.78 is 20.8. The highest BCUT2D eigenvalue weighted by atomic mass is 31.2. The zero-order valence-electron chi connectivity index (χ0n) is 11.1. The monoisotopic (exact) mass is 295 g/mol. The number of rotatable bonds is 8. The number of nitrogens with zero attached hydrogens (tertiary/aromatic N) is 1. The zero-order chi connectivity index (χ0) is 15.1. The van der Waals surface area contributed by atoms with Gasteiger partial charge in [0.15, 0.2) is 0 Å². The maximum atomic E-state index is 11.9. The first-order chi connectivity index (χ1) is 8.75. The van der Waals surface area contributed by atoms with Gasteiger partial charge in [-0.2, -0.15) is 0 Å². The number of esters is 2. The third-order valence-corrected chi connectivity index (χ3v) is 4.20. The van der Waals surface area contributed by atoms with E-state index in [9.17, 15) is 23.8 Å². The maximum Gasteiger partial charge on any atom is 0.309 e. The van der Waals surface area contributed by atoms with Gasteiger partial charge in [0, 0.05) is 13.2 Å². The molecular formula is C10H18NO7P. The molecule has 9 heteroatoms. The largest absolute Gasteiger partial charge is 0.469 e. The fourth-order valence-corrected chi connectivity index (χ4v) is 3.30. The Morgan fingerprint density at radius 1 is 1.37 bits per heavy atom. The molecule has 0 aromatic carbocycles. The predicted molar refractivity (Wildman–Crippen MR) is 65.5 cm³/mol. The molecule has 0 saturated heterocycles. The lowest BCUT2D eigenvalue weighted by Crippen LogP contribution is -2.26. The van der Waals surface area contributed by atoms with Gasteiger partial charge in [-0.15, -0.1) is 0 Å². The molecule has 0 aliphatic carbocycles. The summed E-state index contributed by atoms with van der Waals surface area (Å²) >= 11 is 0. The van der Waals surface area contributed by atoms with Crippen LogP contribution in [0, 0.1) is 5.92 Å². The van der Waals surface area contributed by atoms with Crippen molar-refractivity contribution >= 4 is 25.7 Å². The van der Waals surface area contributed by atoms with E-state index in [1.165, 1.54) is 7.05 Å². The van der Waals surface area contributed by atoms with Crippen molar-refractivity contribution in [2.24, 2.45) is 5.92 Å². The van der Waals surface area contributed by atoms with Crippen molar-refractivity contribution in [3.05, 3.63) is 0 Å². The van der Waals surface area contributed by atoms with E-state index in [-0.39, 0.29) is 6.42 Å². The third-order valence-electron chi connectivity index (χ3n) is 2.30. The molecule has 1 unspecified atom stereocenters. The molecule has 0 fully saturated rings. The number of carbonyl (C=O) groups is 3. The second-order valence-corrected chi connectivity index (χ2v) is 6.37. The molecule has 0 aliphatic heterocycles. The first kappa shape index (κ1) is 17.6.